The normalized spacial score (nSPS) is 14.0. The maximum Gasteiger partial charge on any atom is 1.00 e. The predicted molar refractivity (Wildman–Crippen MR) is 22.1 cm³/mol. The van der Waals surface area contributed by atoms with E-state index in [1.165, 1.54) is 0 Å². The van der Waals surface area contributed by atoms with Crippen molar-refractivity contribution in [3.63, 3.8) is 0 Å². The number of rotatable bonds is 0. The molecule has 0 aliphatic heterocycles. The minimum absolute atomic E-state index is 0. The standard InChI is InChI=1S/C2Cl2F2/c3-1(5)2(4)6/p+1/b2-1+. The van der Waals surface area contributed by atoms with Gasteiger partial charge in [-0.3, -0.25) is 0 Å². The Kier molecular flexibility index (Phi) is 2.44. The van der Waals surface area contributed by atoms with Gasteiger partial charge in [-0.1, -0.05) is 0 Å². The molecular weight excluding hydrogens is 133 g/mol. The lowest BCUT2D eigenvalue weighted by molar-refractivity contribution is 0.609. The summed E-state index contributed by atoms with van der Waals surface area (Å²) >= 11 is 8.64. The van der Waals surface area contributed by atoms with Gasteiger partial charge in [-0.05, 0) is 23.2 Å². The Morgan fingerprint density at radius 1 is 1.17 bits per heavy atom. The molecule has 0 bridgehead atoms. The largest absolute Gasteiger partial charge is 1.00 e. The van der Waals surface area contributed by atoms with E-state index in [0.717, 1.165) is 0 Å². The average Bonchev–Trinajstić information content (AvgIpc) is 1.36. The highest BCUT2D eigenvalue weighted by Gasteiger charge is 1.93. The van der Waals surface area contributed by atoms with Gasteiger partial charge in [0.25, 0.3) is 0 Å². The molecule has 4 heteroatoms. The molecule has 36 valence electrons. The average molecular weight is 134 g/mol. The van der Waals surface area contributed by atoms with Crippen LogP contribution in [0.3, 0.4) is 0 Å². The fraction of sp³-hybridized carbons (Fsp3) is 0. The van der Waals surface area contributed by atoms with Gasteiger partial charge in [0.05, 0.1) is 0 Å². The molecular formula is C2HCl2F2+. The third-order valence-electron chi connectivity index (χ3n) is 0.143. The van der Waals surface area contributed by atoms with Crippen LogP contribution in [0.4, 0.5) is 8.78 Å². The summed E-state index contributed by atoms with van der Waals surface area (Å²) in [4.78, 5) is 0. The SMILES string of the molecule is F/C(Cl)=C(/F)Cl.[H+]. The molecule has 0 radical (unpaired) electrons. The van der Waals surface area contributed by atoms with Crippen LogP contribution in [0.2, 0.25) is 0 Å². The molecule has 0 aromatic carbocycles. The Balaban J connectivity index is 0. The first-order valence-corrected chi connectivity index (χ1v) is 1.76. The van der Waals surface area contributed by atoms with Crippen LogP contribution in [0.5, 0.6) is 0 Å². The van der Waals surface area contributed by atoms with E-state index in [2.05, 4.69) is 23.2 Å². The minimum atomic E-state index is -1.50. The van der Waals surface area contributed by atoms with Crippen molar-refractivity contribution in [2.75, 3.05) is 0 Å². The zero-order chi connectivity index (χ0) is 5.15. The molecule has 0 aliphatic rings. The molecule has 0 nitrogen and oxygen atoms in total. The lowest BCUT2D eigenvalue weighted by atomic mass is 11.1. The van der Waals surface area contributed by atoms with Gasteiger partial charge in [-0.2, -0.15) is 8.78 Å². The Morgan fingerprint density at radius 2 is 1.33 bits per heavy atom. The summed E-state index contributed by atoms with van der Waals surface area (Å²) in [6, 6.07) is 0. The maximum atomic E-state index is 11.0. The van der Waals surface area contributed by atoms with Gasteiger partial charge in [0, 0.05) is 0 Å². The van der Waals surface area contributed by atoms with Crippen molar-refractivity contribution in [2.45, 2.75) is 0 Å². The highest BCUT2D eigenvalue weighted by molar-refractivity contribution is 6.37. The summed E-state index contributed by atoms with van der Waals surface area (Å²) in [6.07, 6.45) is 0. The van der Waals surface area contributed by atoms with Gasteiger partial charge in [0.1, 0.15) is 0 Å². The van der Waals surface area contributed by atoms with Crippen LogP contribution in [0, 0.1) is 0 Å². The predicted octanol–water partition coefficient (Wildman–Crippen LogP) is 2.64. The number of hydrogen-bond donors (Lipinski definition) is 0. The zero-order valence-corrected chi connectivity index (χ0v) is 4.02. The van der Waals surface area contributed by atoms with E-state index in [4.69, 9.17) is 0 Å². The van der Waals surface area contributed by atoms with Crippen molar-refractivity contribution in [1.29, 1.82) is 0 Å². The third kappa shape index (κ3) is 2.42. The summed E-state index contributed by atoms with van der Waals surface area (Å²) in [5, 5.41) is -3.01. The number of halogens is 4. The summed E-state index contributed by atoms with van der Waals surface area (Å²) < 4.78 is 21.9. The maximum absolute atomic E-state index is 11.0. The van der Waals surface area contributed by atoms with Gasteiger partial charge in [-0.15, -0.1) is 0 Å². The molecule has 0 rings (SSSR count). The van der Waals surface area contributed by atoms with E-state index in [1.807, 2.05) is 0 Å². The second-order valence-corrected chi connectivity index (χ2v) is 1.18. The second-order valence-electron chi connectivity index (χ2n) is 0.521. The van der Waals surface area contributed by atoms with Crippen LogP contribution in [0.25, 0.3) is 0 Å². The Bertz CT molecular complexity index is 63.8. The Morgan fingerprint density at radius 3 is 1.33 bits per heavy atom. The molecule has 6 heavy (non-hydrogen) atoms. The van der Waals surface area contributed by atoms with E-state index in [9.17, 15) is 8.78 Å². The van der Waals surface area contributed by atoms with Crippen LogP contribution in [-0.2, 0) is 0 Å². The topological polar surface area (TPSA) is 0 Å². The monoisotopic (exact) mass is 133 g/mol. The van der Waals surface area contributed by atoms with Crippen LogP contribution >= 0.6 is 23.2 Å². The zero-order valence-electron chi connectivity index (χ0n) is 3.51. The van der Waals surface area contributed by atoms with Crippen molar-refractivity contribution in [3.8, 4) is 0 Å². The molecule has 0 spiro atoms. The first-order valence-electron chi connectivity index (χ1n) is 1.01. The second kappa shape index (κ2) is 2.37. The van der Waals surface area contributed by atoms with Gasteiger partial charge in [-0.25, -0.2) is 0 Å². The molecule has 0 saturated carbocycles. The number of hydrogen-bond acceptors (Lipinski definition) is 0. The van der Waals surface area contributed by atoms with Gasteiger partial charge in [0.15, 0.2) is 0 Å². The fourth-order valence-electron chi connectivity index (χ4n) is 0. The molecule has 0 aromatic heterocycles. The van der Waals surface area contributed by atoms with Crippen molar-refractivity contribution in [2.24, 2.45) is 0 Å². The highest BCUT2D eigenvalue weighted by atomic mass is 35.5. The van der Waals surface area contributed by atoms with E-state index in [0.29, 0.717) is 0 Å². The molecule has 0 heterocycles. The molecule has 0 aromatic rings. The van der Waals surface area contributed by atoms with Crippen LogP contribution in [0.15, 0.2) is 10.6 Å². The van der Waals surface area contributed by atoms with E-state index < -0.39 is 10.6 Å². The molecule has 0 amide bonds. The fourth-order valence-corrected chi connectivity index (χ4v) is 0. The molecule has 0 unspecified atom stereocenters. The van der Waals surface area contributed by atoms with Crippen molar-refractivity contribution >= 4 is 23.2 Å². The van der Waals surface area contributed by atoms with Crippen molar-refractivity contribution in [3.05, 3.63) is 10.6 Å². The molecule has 0 fully saturated rings. The first kappa shape index (κ1) is 6.18. The minimum Gasteiger partial charge on any atom is -0.189 e. The first-order chi connectivity index (χ1) is 2.64. The van der Waals surface area contributed by atoms with Crippen LogP contribution in [0.1, 0.15) is 1.43 Å². The van der Waals surface area contributed by atoms with Gasteiger partial charge < -0.3 is 0 Å². The molecule has 0 aliphatic carbocycles. The van der Waals surface area contributed by atoms with E-state index in [1.54, 1.807) is 0 Å². The Labute approximate surface area is 44.8 Å². The quantitative estimate of drug-likeness (QED) is 0.477. The van der Waals surface area contributed by atoms with Crippen LogP contribution < -0.4 is 0 Å². The van der Waals surface area contributed by atoms with Crippen molar-refractivity contribution in [1.82, 2.24) is 0 Å². The van der Waals surface area contributed by atoms with E-state index in [-0.39, 0.29) is 1.43 Å². The van der Waals surface area contributed by atoms with Gasteiger partial charge >= 0.3 is 1.43 Å². The van der Waals surface area contributed by atoms with Crippen LogP contribution in [-0.4, -0.2) is 0 Å². The molecule has 0 N–H and O–H groups in total. The third-order valence-corrected chi connectivity index (χ3v) is 0.571. The lowest BCUT2D eigenvalue weighted by Crippen LogP contribution is -1.52. The summed E-state index contributed by atoms with van der Waals surface area (Å²) in [6.45, 7) is 0. The smallest absolute Gasteiger partial charge is 0.189 e. The summed E-state index contributed by atoms with van der Waals surface area (Å²) in [5.41, 5.74) is 0. The molecule has 0 atom stereocenters. The Hall–Kier alpha value is 0.180. The lowest BCUT2D eigenvalue weighted by Gasteiger charge is -1.72. The van der Waals surface area contributed by atoms with Gasteiger partial charge in [0.2, 0.25) is 10.6 Å². The van der Waals surface area contributed by atoms with E-state index >= 15 is 0 Å². The van der Waals surface area contributed by atoms with Crippen molar-refractivity contribution < 1.29 is 10.2 Å². The summed E-state index contributed by atoms with van der Waals surface area (Å²) in [5.74, 6) is 0. The summed E-state index contributed by atoms with van der Waals surface area (Å²) in [7, 11) is 0. The molecule has 0 saturated heterocycles. The highest BCUT2D eigenvalue weighted by Crippen LogP contribution is 2.14.